The van der Waals surface area contributed by atoms with E-state index in [0.29, 0.717) is 23.3 Å². The summed E-state index contributed by atoms with van der Waals surface area (Å²) >= 11 is 0. The van der Waals surface area contributed by atoms with Crippen molar-refractivity contribution in [3.05, 3.63) is 83.9 Å². The van der Waals surface area contributed by atoms with Gasteiger partial charge in [-0.15, -0.1) is 0 Å². The van der Waals surface area contributed by atoms with Gasteiger partial charge in [0.25, 0.3) is 5.91 Å². The Balaban J connectivity index is 1.42. The van der Waals surface area contributed by atoms with E-state index >= 15 is 0 Å². The van der Waals surface area contributed by atoms with Crippen LogP contribution in [0.25, 0.3) is 11.1 Å². The first-order valence-corrected chi connectivity index (χ1v) is 11.8. The van der Waals surface area contributed by atoms with Crippen LogP contribution in [-0.2, 0) is 21.1 Å². The number of sulfone groups is 1. The van der Waals surface area contributed by atoms with Gasteiger partial charge in [0, 0.05) is 6.42 Å². The van der Waals surface area contributed by atoms with E-state index in [0.717, 1.165) is 11.1 Å². The summed E-state index contributed by atoms with van der Waals surface area (Å²) in [5.41, 5.74) is 2.84. The van der Waals surface area contributed by atoms with Gasteiger partial charge in [-0.3, -0.25) is 10.1 Å². The third kappa shape index (κ3) is 4.97. The van der Waals surface area contributed by atoms with Crippen LogP contribution < -0.4 is 10.1 Å². The molecule has 0 unspecified atom stereocenters. The number of benzene rings is 3. The quantitative estimate of drug-likeness (QED) is 0.431. The van der Waals surface area contributed by atoms with Crippen LogP contribution in [0.4, 0.5) is 6.01 Å². The van der Waals surface area contributed by atoms with Gasteiger partial charge in [-0.25, -0.2) is 8.42 Å². The van der Waals surface area contributed by atoms with Crippen molar-refractivity contribution in [2.75, 3.05) is 17.7 Å². The van der Waals surface area contributed by atoms with Gasteiger partial charge in [0.05, 0.1) is 10.6 Å². The minimum atomic E-state index is -3.36. The number of hydrogen-bond acceptors (Lipinski definition) is 6. The molecule has 32 heavy (non-hydrogen) atoms. The molecule has 7 nitrogen and oxygen atoms in total. The number of rotatable bonds is 8. The number of oxazole rings is 1. The van der Waals surface area contributed by atoms with Crippen molar-refractivity contribution in [3.8, 4) is 5.75 Å². The van der Waals surface area contributed by atoms with Crippen LogP contribution in [0.1, 0.15) is 18.1 Å². The van der Waals surface area contributed by atoms with Crippen molar-refractivity contribution in [2.45, 2.75) is 18.2 Å². The molecular formula is C24H22N2O5S. The molecule has 4 rings (SSSR count). The molecule has 4 aromatic rings. The summed E-state index contributed by atoms with van der Waals surface area (Å²) in [5, 5.41) is 2.55. The second kappa shape index (κ2) is 9.23. The van der Waals surface area contributed by atoms with E-state index in [1.807, 2.05) is 54.6 Å². The Morgan fingerprint density at radius 1 is 1.03 bits per heavy atom. The summed E-state index contributed by atoms with van der Waals surface area (Å²) in [7, 11) is -3.36. The normalized spacial score (nSPS) is 11.4. The van der Waals surface area contributed by atoms with Crippen LogP contribution in [-0.4, -0.2) is 31.7 Å². The molecule has 1 amide bonds. The van der Waals surface area contributed by atoms with Crippen molar-refractivity contribution >= 4 is 32.9 Å². The Bertz CT molecular complexity index is 1350. The van der Waals surface area contributed by atoms with Gasteiger partial charge in [0.15, 0.2) is 22.0 Å². The highest BCUT2D eigenvalue weighted by atomic mass is 32.2. The first-order chi connectivity index (χ1) is 15.4. The Kier molecular flexibility index (Phi) is 6.23. The first kappa shape index (κ1) is 21.6. The zero-order valence-corrected chi connectivity index (χ0v) is 18.3. The number of anilines is 1. The summed E-state index contributed by atoms with van der Waals surface area (Å²) < 4.78 is 35.3. The van der Waals surface area contributed by atoms with Gasteiger partial charge in [0.2, 0.25) is 0 Å². The number of ether oxygens (including phenoxy) is 1. The Labute approximate surface area is 186 Å². The lowest BCUT2D eigenvalue weighted by Crippen LogP contribution is -2.20. The minimum Gasteiger partial charge on any atom is -0.483 e. The molecule has 8 heteroatoms. The number of nitrogens with one attached hydrogen (secondary N) is 1. The van der Waals surface area contributed by atoms with Crippen LogP contribution in [0.15, 0.2) is 82.1 Å². The molecule has 3 aromatic carbocycles. The fourth-order valence-corrected chi connectivity index (χ4v) is 4.13. The molecule has 0 fully saturated rings. The van der Waals surface area contributed by atoms with E-state index in [2.05, 4.69) is 10.3 Å². The molecule has 0 aliphatic rings. The number of nitrogens with zero attached hydrogens (tertiary/aromatic N) is 1. The van der Waals surface area contributed by atoms with E-state index < -0.39 is 15.7 Å². The summed E-state index contributed by atoms with van der Waals surface area (Å²) in [5.74, 6) is 0.175. The Morgan fingerprint density at radius 2 is 1.78 bits per heavy atom. The molecule has 0 spiro atoms. The highest BCUT2D eigenvalue weighted by Gasteiger charge is 2.16. The number of fused-ring (bicyclic) bond motifs is 1. The molecule has 0 aliphatic heterocycles. The SMILES string of the molecule is CCS(=O)(=O)c1ccc2oc(NC(=O)COc3ccccc3Cc3ccccc3)nc2c1. The van der Waals surface area contributed by atoms with Crippen molar-refractivity contribution in [1.29, 1.82) is 0 Å². The molecule has 0 saturated carbocycles. The fourth-order valence-electron chi connectivity index (χ4n) is 3.23. The number of para-hydroxylation sites is 1. The molecule has 1 heterocycles. The molecule has 164 valence electrons. The number of aromatic nitrogens is 1. The van der Waals surface area contributed by atoms with Gasteiger partial charge < -0.3 is 9.15 Å². The van der Waals surface area contributed by atoms with Gasteiger partial charge in [-0.1, -0.05) is 55.5 Å². The molecule has 0 bridgehead atoms. The van der Waals surface area contributed by atoms with Crippen LogP contribution in [0.2, 0.25) is 0 Å². The lowest BCUT2D eigenvalue weighted by atomic mass is 10.0. The highest BCUT2D eigenvalue weighted by molar-refractivity contribution is 7.91. The lowest BCUT2D eigenvalue weighted by Gasteiger charge is -2.11. The van der Waals surface area contributed by atoms with E-state index in [4.69, 9.17) is 9.15 Å². The van der Waals surface area contributed by atoms with Gasteiger partial charge in [0.1, 0.15) is 11.3 Å². The van der Waals surface area contributed by atoms with Gasteiger partial charge in [-0.05, 0) is 35.4 Å². The third-order valence-corrected chi connectivity index (χ3v) is 6.65. The first-order valence-electron chi connectivity index (χ1n) is 10.1. The zero-order valence-electron chi connectivity index (χ0n) is 17.4. The molecule has 1 aromatic heterocycles. The monoisotopic (exact) mass is 450 g/mol. The largest absolute Gasteiger partial charge is 0.483 e. The summed E-state index contributed by atoms with van der Waals surface area (Å²) in [6, 6.07) is 22.0. The predicted molar refractivity (Wildman–Crippen MR) is 122 cm³/mol. The van der Waals surface area contributed by atoms with Crippen molar-refractivity contribution in [1.82, 2.24) is 4.98 Å². The van der Waals surface area contributed by atoms with Crippen molar-refractivity contribution < 1.29 is 22.4 Å². The maximum atomic E-state index is 12.4. The molecule has 0 atom stereocenters. The van der Waals surface area contributed by atoms with E-state index in [1.165, 1.54) is 18.2 Å². The number of carbonyl (C=O) groups is 1. The number of carbonyl (C=O) groups excluding carboxylic acids is 1. The topological polar surface area (TPSA) is 98.5 Å². The smallest absolute Gasteiger partial charge is 0.302 e. The maximum Gasteiger partial charge on any atom is 0.302 e. The van der Waals surface area contributed by atoms with E-state index in [9.17, 15) is 13.2 Å². The highest BCUT2D eigenvalue weighted by Crippen LogP contribution is 2.24. The molecule has 0 aliphatic carbocycles. The fraction of sp³-hybridized carbons (Fsp3) is 0.167. The minimum absolute atomic E-state index is 0.0109. The van der Waals surface area contributed by atoms with Crippen LogP contribution in [0, 0.1) is 0 Å². The van der Waals surface area contributed by atoms with Crippen LogP contribution in [0.5, 0.6) is 5.75 Å². The molecule has 0 saturated heterocycles. The van der Waals surface area contributed by atoms with Crippen LogP contribution >= 0.6 is 0 Å². The average molecular weight is 451 g/mol. The Hall–Kier alpha value is -3.65. The zero-order chi connectivity index (χ0) is 22.6. The van der Waals surface area contributed by atoms with Crippen molar-refractivity contribution in [3.63, 3.8) is 0 Å². The summed E-state index contributed by atoms with van der Waals surface area (Å²) in [6.07, 6.45) is 0.687. The second-order valence-corrected chi connectivity index (χ2v) is 9.44. The van der Waals surface area contributed by atoms with Gasteiger partial charge >= 0.3 is 6.01 Å². The van der Waals surface area contributed by atoms with Crippen LogP contribution in [0.3, 0.4) is 0 Å². The van der Waals surface area contributed by atoms with E-state index in [1.54, 1.807) is 6.92 Å². The maximum absolute atomic E-state index is 12.4. The summed E-state index contributed by atoms with van der Waals surface area (Å²) in [4.78, 5) is 16.7. The molecule has 0 radical (unpaired) electrons. The summed E-state index contributed by atoms with van der Waals surface area (Å²) in [6.45, 7) is 1.35. The number of amides is 1. The number of hydrogen-bond donors (Lipinski definition) is 1. The Morgan fingerprint density at radius 3 is 2.56 bits per heavy atom. The predicted octanol–water partition coefficient (Wildman–Crippen LogP) is 4.23. The lowest BCUT2D eigenvalue weighted by molar-refractivity contribution is -0.118. The second-order valence-electron chi connectivity index (χ2n) is 7.16. The van der Waals surface area contributed by atoms with Crippen molar-refractivity contribution in [2.24, 2.45) is 0 Å². The van der Waals surface area contributed by atoms with E-state index in [-0.39, 0.29) is 23.3 Å². The van der Waals surface area contributed by atoms with Gasteiger partial charge in [-0.2, -0.15) is 4.98 Å². The standard InChI is InChI=1S/C24H22N2O5S/c1-2-32(28,29)19-12-13-22-20(15-19)25-24(31-22)26-23(27)16-30-21-11-7-6-10-18(21)14-17-8-4-3-5-9-17/h3-13,15H,2,14,16H2,1H3,(H,25,26,27). The average Bonchev–Trinajstić information content (AvgIpc) is 3.20. The molecular weight excluding hydrogens is 428 g/mol. The molecule has 1 N–H and O–H groups in total. The third-order valence-electron chi connectivity index (χ3n) is 4.91.